The van der Waals surface area contributed by atoms with Gasteiger partial charge in [-0.05, 0) is 56.5 Å². The number of nitrogens with one attached hydrogen (secondary N) is 1. The van der Waals surface area contributed by atoms with Crippen molar-refractivity contribution in [2.24, 2.45) is 0 Å². The largest absolute Gasteiger partial charge is 0.365 e. The Kier molecular flexibility index (Phi) is 5.41. The van der Waals surface area contributed by atoms with Gasteiger partial charge in [0.15, 0.2) is 0 Å². The Morgan fingerprint density at radius 2 is 1.81 bits per heavy atom. The number of piperidine rings is 1. The molecule has 0 aliphatic carbocycles. The SMILES string of the molecule is c1ccc(CCCN2CCCC(Nc3cnc4ccccc4n3)C2)cc1. The summed E-state index contributed by atoms with van der Waals surface area (Å²) in [5.74, 6) is 0.889. The van der Waals surface area contributed by atoms with Crippen LogP contribution in [0.15, 0.2) is 60.8 Å². The van der Waals surface area contributed by atoms with Crippen LogP contribution in [0.3, 0.4) is 0 Å². The van der Waals surface area contributed by atoms with Crippen LogP contribution in [0.25, 0.3) is 11.0 Å². The van der Waals surface area contributed by atoms with Crippen LogP contribution in [0.5, 0.6) is 0 Å². The highest BCUT2D eigenvalue weighted by molar-refractivity contribution is 5.75. The maximum Gasteiger partial charge on any atom is 0.145 e. The predicted octanol–water partition coefficient (Wildman–Crippen LogP) is 4.14. The Bertz CT molecular complexity index is 834. The average Bonchev–Trinajstić information content (AvgIpc) is 2.69. The Balaban J connectivity index is 1.30. The Morgan fingerprint density at radius 1 is 1.00 bits per heavy atom. The standard InChI is InChI=1S/C22H26N4/c1-2-8-18(9-3-1)10-6-14-26-15-7-11-19(17-26)24-22-16-23-20-12-4-5-13-21(20)25-22/h1-5,8-9,12-13,16,19H,6-7,10-11,14-15,17H2,(H,24,25). The van der Waals surface area contributed by atoms with Crippen LogP contribution in [0.2, 0.25) is 0 Å². The second kappa shape index (κ2) is 8.28. The van der Waals surface area contributed by atoms with Crippen molar-refractivity contribution in [1.82, 2.24) is 14.9 Å². The van der Waals surface area contributed by atoms with E-state index in [0.29, 0.717) is 6.04 Å². The van der Waals surface area contributed by atoms with Gasteiger partial charge in [0.25, 0.3) is 0 Å². The molecular weight excluding hydrogens is 320 g/mol. The number of likely N-dealkylation sites (tertiary alicyclic amines) is 1. The van der Waals surface area contributed by atoms with E-state index in [4.69, 9.17) is 4.98 Å². The highest BCUT2D eigenvalue weighted by Gasteiger charge is 2.19. The zero-order valence-corrected chi connectivity index (χ0v) is 15.1. The van der Waals surface area contributed by atoms with Gasteiger partial charge in [-0.15, -0.1) is 0 Å². The van der Waals surface area contributed by atoms with E-state index in [1.54, 1.807) is 0 Å². The minimum absolute atomic E-state index is 0.455. The number of rotatable bonds is 6. The van der Waals surface area contributed by atoms with E-state index in [0.717, 1.165) is 36.4 Å². The lowest BCUT2D eigenvalue weighted by Gasteiger charge is -2.33. The first-order chi connectivity index (χ1) is 12.9. The molecule has 4 rings (SSSR count). The molecule has 1 fully saturated rings. The molecule has 1 unspecified atom stereocenters. The first-order valence-electron chi connectivity index (χ1n) is 9.61. The fraction of sp³-hybridized carbons (Fsp3) is 0.364. The molecule has 4 nitrogen and oxygen atoms in total. The number of aryl methyl sites for hydroxylation is 1. The van der Waals surface area contributed by atoms with E-state index in [1.165, 1.54) is 31.4 Å². The first kappa shape index (κ1) is 17.0. The highest BCUT2D eigenvalue weighted by Crippen LogP contribution is 2.17. The number of fused-ring (bicyclic) bond motifs is 1. The average molecular weight is 346 g/mol. The van der Waals surface area contributed by atoms with Crippen LogP contribution in [-0.4, -0.2) is 40.5 Å². The molecule has 0 radical (unpaired) electrons. The number of aromatic nitrogens is 2. The highest BCUT2D eigenvalue weighted by atomic mass is 15.2. The molecule has 0 bridgehead atoms. The van der Waals surface area contributed by atoms with Crippen molar-refractivity contribution in [3.05, 3.63) is 66.4 Å². The number of anilines is 1. The van der Waals surface area contributed by atoms with E-state index >= 15 is 0 Å². The van der Waals surface area contributed by atoms with Gasteiger partial charge in [0.05, 0.1) is 17.2 Å². The number of hydrogen-bond donors (Lipinski definition) is 1. The van der Waals surface area contributed by atoms with Gasteiger partial charge in [0, 0.05) is 12.6 Å². The zero-order valence-electron chi connectivity index (χ0n) is 15.1. The van der Waals surface area contributed by atoms with Crippen molar-refractivity contribution >= 4 is 16.9 Å². The van der Waals surface area contributed by atoms with Gasteiger partial charge >= 0.3 is 0 Å². The van der Waals surface area contributed by atoms with Gasteiger partial charge in [-0.25, -0.2) is 4.98 Å². The Labute approximate surface area is 155 Å². The lowest BCUT2D eigenvalue weighted by atomic mass is 10.0. The molecule has 4 heteroatoms. The molecule has 1 N–H and O–H groups in total. The number of benzene rings is 2. The third-order valence-electron chi connectivity index (χ3n) is 5.09. The summed E-state index contributed by atoms with van der Waals surface area (Å²) < 4.78 is 0. The van der Waals surface area contributed by atoms with Crippen molar-refractivity contribution in [2.75, 3.05) is 25.0 Å². The lowest BCUT2D eigenvalue weighted by molar-refractivity contribution is 0.214. The van der Waals surface area contributed by atoms with Crippen molar-refractivity contribution in [1.29, 1.82) is 0 Å². The van der Waals surface area contributed by atoms with Gasteiger partial charge in [0.1, 0.15) is 5.82 Å². The third-order valence-corrected chi connectivity index (χ3v) is 5.09. The van der Waals surface area contributed by atoms with Crippen molar-refractivity contribution in [3.63, 3.8) is 0 Å². The van der Waals surface area contributed by atoms with Crippen LogP contribution in [0, 0.1) is 0 Å². The molecular formula is C22H26N4. The molecule has 2 heterocycles. The van der Waals surface area contributed by atoms with Crippen LogP contribution in [0.4, 0.5) is 5.82 Å². The molecule has 2 aromatic carbocycles. The minimum Gasteiger partial charge on any atom is -0.365 e. The predicted molar refractivity (Wildman–Crippen MR) is 107 cm³/mol. The summed E-state index contributed by atoms with van der Waals surface area (Å²) in [6, 6.07) is 19.3. The van der Waals surface area contributed by atoms with Crippen LogP contribution in [-0.2, 0) is 6.42 Å². The molecule has 26 heavy (non-hydrogen) atoms. The first-order valence-corrected chi connectivity index (χ1v) is 9.61. The summed E-state index contributed by atoms with van der Waals surface area (Å²) in [6.07, 6.45) is 6.67. The van der Waals surface area contributed by atoms with Gasteiger partial charge in [-0.1, -0.05) is 42.5 Å². The normalized spacial score (nSPS) is 18.1. The van der Waals surface area contributed by atoms with E-state index in [9.17, 15) is 0 Å². The van der Waals surface area contributed by atoms with Gasteiger partial charge in [0.2, 0.25) is 0 Å². The lowest BCUT2D eigenvalue weighted by Crippen LogP contribution is -2.42. The van der Waals surface area contributed by atoms with Crippen molar-refractivity contribution in [2.45, 2.75) is 31.7 Å². The smallest absolute Gasteiger partial charge is 0.145 e. The summed E-state index contributed by atoms with van der Waals surface area (Å²) in [5.41, 5.74) is 3.34. The summed E-state index contributed by atoms with van der Waals surface area (Å²) in [4.78, 5) is 11.8. The maximum atomic E-state index is 4.70. The molecule has 1 atom stereocenters. The summed E-state index contributed by atoms with van der Waals surface area (Å²) in [7, 11) is 0. The second-order valence-electron chi connectivity index (χ2n) is 7.12. The third kappa shape index (κ3) is 4.38. The molecule has 1 aliphatic rings. The van der Waals surface area contributed by atoms with E-state index in [-0.39, 0.29) is 0 Å². The van der Waals surface area contributed by atoms with Gasteiger partial charge < -0.3 is 10.2 Å². The zero-order chi connectivity index (χ0) is 17.6. The second-order valence-corrected chi connectivity index (χ2v) is 7.12. The molecule has 0 amide bonds. The van der Waals surface area contributed by atoms with E-state index < -0.39 is 0 Å². The molecule has 3 aromatic rings. The molecule has 1 saturated heterocycles. The quantitative estimate of drug-likeness (QED) is 0.728. The number of para-hydroxylation sites is 2. The van der Waals surface area contributed by atoms with Gasteiger partial charge in [-0.2, -0.15) is 0 Å². The summed E-state index contributed by atoms with van der Waals surface area (Å²) in [5, 5.41) is 3.60. The maximum absolute atomic E-state index is 4.70. The number of hydrogen-bond acceptors (Lipinski definition) is 4. The van der Waals surface area contributed by atoms with Gasteiger partial charge in [-0.3, -0.25) is 4.98 Å². The van der Waals surface area contributed by atoms with Crippen LogP contribution < -0.4 is 5.32 Å². The Hall–Kier alpha value is -2.46. The van der Waals surface area contributed by atoms with E-state index in [2.05, 4.69) is 45.5 Å². The van der Waals surface area contributed by atoms with E-state index in [1.807, 2.05) is 30.5 Å². The summed E-state index contributed by atoms with van der Waals surface area (Å²) in [6.45, 7) is 3.45. The van der Waals surface area contributed by atoms with Crippen molar-refractivity contribution < 1.29 is 0 Å². The molecule has 1 aromatic heterocycles. The minimum atomic E-state index is 0.455. The molecule has 134 valence electrons. The number of nitrogens with zero attached hydrogens (tertiary/aromatic N) is 3. The van der Waals surface area contributed by atoms with Crippen LogP contribution >= 0.6 is 0 Å². The van der Waals surface area contributed by atoms with Crippen molar-refractivity contribution in [3.8, 4) is 0 Å². The fourth-order valence-electron chi connectivity index (χ4n) is 3.76. The Morgan fingerprint density at radius 3 is 2.69 bits per heavy atom. The fourth-order valence-corrected chi connectivity index (χ4v) is 3.76. The molecule has 1 aliphatic heterocycles. The topological polar surface area (TPSA) is 41.0 Å². The van der Waals surface area contributed by atoms with Crippen LogP contribution in [0.1, 0.15) is 24.8 Å². The summed E-state index contributed by atoms with van der Waals surface area (Å²) >= 11 is 0. The molecule has 0 spiro atoms. The monoisotopic (exact) mass is 346 g/mol. The molecule has 0 saturated carbocycles.